The van der Waals surface area contributed by atoms with E-state index in [1.165, 1.54) is 18.2 Å². The number of hydrogen-bond acceptors (Lipinski definition) is 4. The Morgan fingerprint density at radius 3 is 2.71 bits per heavy atom. The summed E-state index contributed by atoms with van der Waals surface area (Å²) in [7, 11) is -3.87. The van der Waals surface area contributed by atoms with Crippen molar-refractivity contribution in [1.82, 2.24) is 10.0 Å². The Hall–Kier alpha value is -1.64. The van der Waals surface area contributed by atoms with Gasteiger partial charge in [-0.1, -0.05) is 35.3 Å². The van der Waals surface area contributed by atoms with Gasteiger partial charge in [0.2, 0.25) is 10.0 Å². The lowest BCUT2D eigenvalue weighted by Crippen LogP contribution is -2.32. The zero-order chi connectivity index (χ0) is 20.1. The first-order chi connectivity index (χ1) is 13.3. The largest absolute Gasteiger partial charge is 0.377 e. The molecule has 150 valence electrons. The molecule has 1 heterocycles. The summed E-state index contributed by atoms with van der Waals surface area (Å²) in [6.07, 6.45) is 1.58. The van der Waals surface area contributed by atoms with Crippen LogP contribution in [-0.2, 0) is 21.3 Å². The van der Waals surface area contributed by atoms with E-state index >= 15 is 0 Å². The molecule has 0 aliphatic carbocycles. The van der Waals surface area contributed by atoms with Crippen molar-refractivity contribution in [2.24, 2.45) is 0 Å². The standard InChI is InChI=1S/C19H20Cl2N2O4S/c20-15-4-1-3-13(9-15)11-22-19(24)14-6-7-17(21)18(10-14)28(25,26)23-12-16-5-2-8-27-16/h1,3-4,6-7,9-10,16,23H,2,5,8,11-12H2,(H,22,24). The number of halogens is 2. The van der Waals surface area contributed by atoms with Crippen LogP contribution in [0, 0.1) is 0 Å². The second-order valence-corrected chi connectivity index (χ2v) is 9.02. The molecular formula is C19H20Cl2N2O4S. The minimum absolute atomic E-state index is 0.0474. The van der Waals surface area contributed by atoms with Crippen molar-refractivity contribution in [3.8, 4) is 0 Å². The lowest BCUT2D eigenvalue weighted by Gasteiger charge is -2.13. The molecule has 6 nitrogen and oxygen atoms in total. The molecule has 0 radical (unpaired) electrons. The van der Waals surface area contributed by atoms with Crippen LogP contribution in [-0.4, -0.2) is 33.6 Å². The van der Waals surface area contributed by atoms with E-state index < -0.39 is 15.9 Å². The number of nitrogens with one attached hydrogen (secondary N) is 2. The van der Waals surface area contributed by atoms with Gasteiger partial charge >= 0.3 is 0 Å². The van der Waals surface area contributed by atoms with Crippen LogP contribution in [0.2, 0.25) is 10.0 Å². The highest BCUT2D eigenvalue weighted by Gasteiger charge is 2.23. The van der Waals surface area contributed by atoms with Gasteiger partial charge in [0.15, 0.2) is 0 Å². The van der Waals surface area contributed by atoms with E-state index in [9.17, 15) is 13.2 Å². The highest BCUT2D eigenvalue weighted by atomic mass is 35.5. The van der Waals surface area contributed by atoms with E-state index in [4.69, 9.17) is 27.9 Å². The maximum atomic E-state index is 12.6. The topological polar surface area (TPSA) is 84.5 Å². The van der Waals surface area contributed by atoms with Crippen LogP contribution >= 0.6 is 23.2 Å². The van der Waals surface area contributed by atoms with E-state index in [2.05, 4.69) is 10.0 Å². The SMILES string of the molecule is O=C(NCc1cccc(Cl)c1)c1ccc(Cl)c(S(=O)(=O)NCC2CCCO2)c1. The zero-order valence-corrected chi connectivity index (χ0v) is 17.3. The Labute approximate surface area is 174 Å². The van der Waals surface area contributed by atoms with Crippen LogP contribution in [0.3, 0.4) is 0 Å². The Balaban J connectivity index is 1.69. The van der Waals surface area contributed by atoms with Gasteiger partial charge in [0.1, 0.15) is 4.90 Å². The first-order valence-electron chi connectivity index (χ1n) is 8.78. The molecule has 28 heavy (non-hydrogen) atoms. The van der Waals surface area contributed by atoms with Gasteiger partial charge in [-0.05, 0) is 48.7 Å². The van der Waals surface area contributed by atoms with Gasteiger partial charge in [-0.15, -0.1) is 0 Å². The molecule has 1 aliphatic heterocycles. The van der Waals surface area contributed by atoms with Crippen LogP contribution < -0.4 is 10.0 Å². The molecule has 2 aromatic rings. The van der Waals surface area contributed by atoms with E-state index in [1.54, 1.807) is 18.2 Å². The molecule has 0 saturated carbocycles. The maximum Gasteiger partial charge on any atom is 0.251 e. The molecule has 0 aromatic heterocycles. The second kappa shape index (κ2) is 9.24. The predicted octanol–water partition coefficient (Wildman–Crippen LogP) is 3.38. The molecule has 1 atom stereocenters. The quantitative estimate of drug-likeness (QED) is 0.687. The third-order valence-corrected chi connectivity index (χ3v) is 6.49. The lowest BCUT2D eigenvalue weighted by molar-refractivity contribution is 0.0950. The van der Waals surface area contributed by atoms with Crippen LogP contribution in [0.1, 0.15) is 28.8 Å². The van der Waals surface area contributed by atoms with Crippen molar-refractivity contribution < 1.29 is 17.9 Å². The number of ether oxygens (including phenoxy) is 1. The average Bonchev–Trinajstić information content (AvgIpc) is 3.18. The number of benzene rings is 2. The van der Waals surface area contributed by atoms with E-state index in [1.807, 2.05) is 6.07 Å². The van der Waals surface area contributed by atoms with Crippen LogP contribution in [0.4, 0.5) is 0 Å². The van der Waals surface area contributed by atoms with Gasteiger partial charge in [0.25, 0.3) is 5.91 Å². The zero-order valence-electron chi connectivity index (χ0n) is 15.0. The van der Waals surface area contributed by atoms with Crippen molar-refractivity contribution in [1.29, 1.82) is 0 Å². The molecule has 1 fully saturated rings. The van der Waals surface area contributed by atoms with Crippen molar-refractivity contribution >= 4 is 39.1 Å². The summed E-state index contributed by atoms with van der Waals surface area (Å²) in [5, 5.41) is 3.36. The highest BCUT2D eigenvalue weighted by molar-refractivity contribution is 7.89. The summed E-state index contributed by atoms with van der Waals surface area (Å²) < 4.78 is 33.1. The number of sulfonamides is 1. The molecule has 3 rings (SSSR count). The molecule has 2 aromatic carbocycles. The minimum atomic E-state index is -3.87. The number of carbonyl (C=O) groups is 1. The smallest absolute Gasteiger partial charge is 0.251 e. The van der Waals surface area contributed by atoms with E-state index in [-0.39, 0.29) is 34.7 Å². The molecule has 0 bridgehead atoms. The third-order valence-electron chi connectivity index (χ3n) is 4.35. The predicted molar refractivity (Wildman–Crippen MR) is 108 cm³/mol. The molecule has 1 unspecified atom stereocenters. The second-order valence-electron chi connectivity index (χ2n) is 6.44. The Morgan fingerprint density at radius 1 is 1.18 bits per heavy atom. The van der Waals surface area contributed by atoms with E-state index in [0.29, 0.717) is 11.6 Å². The maximum absolute atomic E-state index is 12.6. The van der Waals surface area contributed by atoms with Crippen molar-refractivity contribution in [3.63, 3.8) is 0 Å². The van der Waals surface area contributed by atoms with Gasteiger partial charge in [-0.25, -0.2) is 13.1 Å². The third kappa shape index (κ3) is 5.46. The minimum Gasteiger partial charge on any atom is -0.377 e. The van der Waals surface area contributed by atoms with E-state index in [0.717, 1.165) is 18.4 Å². The Morgan fingerprint density at radius 2 is 2.00 bits per heavy atom. The summed E-state index contributed by atoms with van der Waals surface area (Å²) in [6, 6.07) is 11.3. The van der Waals surface area contributed by atoms with Crippen molar-refractivity contribution in [3.05, 3.63) is 63.6 Å². The van der Waals surface area contributed by atoms with Gasteiger partial charge in [0.05, 0.1) is 11.1 Å². The van der Waals surface area contributed by atoms with Crippen LogP contribution in [0.25, 0.3) is 0 Å². The Bertz CT molecular complexity index is 960. The molecule has 9 heteroatoms. The molecule has 2 N–H and O–H groups in total. The molecule has 1 saturated heterocycles. The van der Waals surface area contributed by atoms with Gasteiger partial charge in [0, 0.05) is 30.3 Å². The average molecular weight is 443 g/mol. The number of carbonyl (C=O) groups excluding carboxylic acids is 1. The lowest BCUT2D eigenvalue weighted by atomic mass is 10.2. The highest BCUT2D eigenvalue weighted by Crippen LogP contribution is 2.23. The summed E-state index contributed by atoms with van der Waals surface area (Å²) in [5.74, 6) is -0.410. The molecular weight excluding hydrogens is 423 g/mol. The van der Waals surface area contributed by atoms with Crippen LogP contribution in [0.15, 0.2) is 47.4 Å². The first kappa shape index (κ1) is 21.1. The fraction of sp³-hybridized carbons (Fsp3) is 0.316. The Kier molecular flexibility index (Phi) is 6.95. The first-order valence-corrected chi connectivity index (χ1v) is 11.0. The fourth-order valence-corrected chi connectivity index (χ4v) is 4.67. The molecule has 0 spiro atoms. The van der Waals surface area contributed by atoms with Gasteiger partial charge < -0.3 is 10.1 Å². The number of hydrogen-bond donors (Lipinski definition) is 2. The van der Waals surface area contributed by atoms with Crippen molar-refractivity contribution in [2.75, 3.05) is 13.2 Å². The van der Waals surface area contributed by atoms with Crippen molar-refractivity contribution in [2.45, 2.75) is 30.4 Å². The molecule has 1 amide bonds. The summed E-state index contributed by atoms with van der Waals surface area (Å²) in [6.45, 7) is 1.07. The molecule has 1 aliphatic rings. The van der Waals surface area contributed by atoms with Gasteiger partial charge in [-0.3, -0.25) is 4.79 Å². The summed E-state index contributed by atoms with van der Waals surface area (Å²) >= 11 is 12.0. The number of amides is 1. The monoisotopic (exact) mass is 442 g/mol. The normalized spacial score (nSPS) is 16.9. The van der Waals surface area contributed by atoms with Gasteiger partial charge in [-0.2, -0.15) is 0 Å². The van der Waals surface area contributed by atoms with Crippen LogP contribution in [0.5, 0.6) is 0 Å². The fourth-order valence-electron chi connectivity index (χ4n) is 2.87. The number of rotatable bonds is 7. The summed E-state index contributed by atoms with van der Waals surface area (Å²) in [5.41, 5.74) is 1.03. The summed E-state index contributed by atoms with van der Waals surface area (Å²) in [4.78, 5) is 12.3.